The van der Waals surface area contributed by atoms with Crippen molar-refractivity contribution in [3.63, 3.8) is 0 Å². The molecular formula is C10H15ClN4OS. The number of nitrogens with zero attached hydrogens (tertiary/aromatic N) is 3. The summed E-state index contributed by atoms with van der Waals surface area (Å²) in [5.74, 6) is 0. The second-order valence-corrected chi connectivity index (χ2v) is 4.95. The first-order valence-corrected chi connectivity index (χ1v) is 6.35. The lowest BCUT2D eigenvalue weighted by Gasteiger charge is -2.09. The van der Waals surface area contributed by atoms with Crippen LogP contribution in [-0.4, -0.2) is 50.3 Å². The molecule has 0 fully saturated rings. The fourth-order valence-corrected chi connectivity index (χ4v) is 2.00. The molecule has 0 aliphatic heterocycles. The van der Waals surface area contributed by atoms with Crippen LogP contribution in [0.3, 0.4) is 0 Å². The number of nitrogens with one attached hydrogen (secondary N) is 1. The minimum atomic E-state index is 0.258. The molecule has 0 saturated carbocycles. The summed E-state index contributed by atoms with van der Waals surface area (Å²) in [6, 6.07) is 1.99. The second kappa shape index (κ2) is 7.45. The first-order chi connectivity index (χ1) is 8.13. The third-order valence-corrected chi connectivity index (χ3v) is 3.20. The van der Waals surface area contributed by atoms with E-state index in [-0.39, 0.29) is 5.15 Å². The topological polar surface area (TPSA) is 61.2 Å². The van der Waals surface area contributed by atoms with Gasteiger partial charge in [0.2, 0.25) is 0 Å². The van der Waals surface area contributed by atoms with Gasteiger partial charge in [-0.2, -0.15) is 5.26 Å². The largest absolute Gasteiger partial charge is 0.378 e. The monoisotopic (exact) mass is 274 g/mol. The fraction of sp³-hybridized carbons (Fsp3) is 0.600. The van der Waals surface area contributed by atoms with Crippen molar-refractivity contribution in [1.29, 1.82) is 5.26 Å². The highest BCUT2D eigenvalue weighted by Gasteiger charge is 2.07. The van der Waals surface area contributed by atoms with Crippen molar-refractivity contribution >= 4 is 28.1 Å². The summed E-state index contributed by atoms with van der Waals surface area (Å²) in [7, 11) is 4.01. The van der Waals surface area contributed by atoms with Gasteiger partial charge in [0.1, 0.15) is 10.9 Å². The van der Waals surface area contributed by atoms with E-state index in [1.165, 1.54) is 11.3 Å². The number of hydrogen-bond donors (Lipinski definition) is 1. The van der Waals surface area contributed by atoms with E-state index in [4.69, 9.17) is 21.6 Å². The van der Waals surface area contributed by atoms with Gasteiger partial charge in [0.15, 0.2) is 10.3 Å². The van der Waals surface area contributed by atoms with E-state index in [1.807, 2.05) is 20.2 Å². The van der Waals surface area contributed by atoms with Gasteiger partial charge in [0, 0.05) is 13.1 Å². The molecule has 0 radical (unpaired) electrons. The Labute approximate surface area is 110 Å². The zero-order valence-electron chi connectivity index (χ0n) is 9.86. The Morgan fingerprint density at radius 2 is 2.29 bits per heavy atom. The van der Waals surface area contributed by atoms with Gasteiger partial charge in [-0.1, -0.05) is 22.9 Å². The number of hydrogen-bond acceptors (Lipinski definition) is 6. The summed E-state index contributed by atoms with van der Waals surface area (Å²) in [5, 5.41) is 12.7. The Morgan fingerprint density at radius 1 is 1.53 bits per heavy atom. The number of aromatic nitrogens is 1. The van der Waals surface area contributed by atoms with Crippen molar-refractivity contribution < 1.29 is 4.74 Å². The molecule has 1 rings (SSSR count). The van der Waals surface area contributed by atoms with Gasteiger partial charge >= 0.3 is 0 Å². The maximum Gasteiger partial charge on any atom is 0.185 e. The zero-order valence-corrected chi connectivity index (χ0v) is 11.4. The minimum absolute atomic E-state index is 0.258. The summed E-state index contributed by atoms with van der Waals surface area (Å²) in [4.78, 5) is 6.51. The molecule has 0 atom stereocenters. The van der Waals surface area contributed by atoms with E-state index in [2.05, 4.69) is 15.2 Å². The first-order valence-electron chi connectivity index (χ1n) is 5.16. The summed E-state index contributed by atoms with van der Waals surface area (Å²) in [6.07, 6.45) is 0. The molecule has 94 valence electrons. The van der Waals surface area contributed by atoms with Crippen molar-refractivity contribution in [2.45, 2.75) is 0 Å². The van der Waals surface area contributed by atoms with Crippen molar-refractivity contribution in [2.75, 3.05) is 45.7 Å². The average Bonchev–Trinajstić information content (AvgIpc) is 2.63. The van der Waals surface area contributed by atoms with E-state index in [0.29, 0.717) is 29.8 Å². The third-order valence-electron chi connectivity index (χ3n) is 1.89. The van der Waals surface area contributed by atoms with Crippen LogP contribution in [0.5, 0.6) is 0 Å². The highest BCUT2D eigenvalue weighted by atomic mass is 35.5. The van der Waals surface area contributed by atoms with E-state index in [9.17, 15) is 0 Å². The Bertz CT molecular complexity index is 388. The normalized spacial score (nSPS) is 10.5. The van der Waals surface area contributed by atoms with E-state index in [0.717, 1.165) is 6.54 Å². The molecule has 1 aromatic heterocycles. The van der Waals surface area contributed by atoms with Gasteiger partial charge in [0.25, 0.3) is 0 Å². The van der Waals surface area contributed by atoms with Crippen molar-refractivity contribution in [3.05, 3.63) is 10.0 Å². The summed E-state index contributed by atoms with van der Waals surface area (Å²) >= 11 is 6.99. The molecule has 0 spiro atoms. The molecule has 0 aliphatic rings. The predicted octanol–water partition coefficient (Wildman–Crippen LogP) is 1.66. The molecule has 5 nitrogen and oxygen atoms in total. The van der Waals surface area contributed by atoms with Crippen LogP contribution < -0.4 is 5.32 Å². The standard InChI is InChI=1S/C10H15ClN4OS/c1-15(2)4-6-16-5-3-13-10-14-9(11)8(7-12)17-10/h3-6H2,1-2H3,(H,13,14). The van der Waals surface area contributed by atoms with E-state index < -0.39 is 0 Å². The van der Waals surface area contributed by atoms with E-state index in [1.54, 1.807) is 0 Å². The van der Waals surface area contributed by atoms with Crippen LogP contribution >= 0.6 is 22.9 Å². The van der Waals surface area contributed by atoms with Crippen molar-refractivity contribution in [3.8, 4) is 6.07 Å². The minimum Gasteiger partial charge on any atom is -0.378 e. The highest BCUT2D eigenvalue weighted by molar-refractivity contribution is 7.16. The SMILES string of the molecule is CN(C)CCOCCNc1nc(Cl)c(C#N)s1. The molecule has 17 heavy (non-hydrogen) atoms. The van der Waals surface area contributed by atoms with Crippen LogP contribution in [0.2, 0.25) is 5.15 Å². The number of thiazole rings is 1. The van der Waals surface area contributed by atoms with Crippen LogP contribution in [0, 0.1) is 11.3 Å². The molecule has 0 unspecified atom stereocenters. The maximum atomic E-state index is 8.70. The molecule has 0 saturated heterocycles. The molecule has 0 bridgehead atoms. The summed E-state index contributed by atoms with van der Waals surface area (Å²) in [5.41, 5.74) is 0. The summed E-state index contributed by atoms with van der Waals surface area (Å²) in [6.45, 7) is 2.87. The van der Waals surface area contributed by atoms with Gasteiger partial charge in [-0.15, -0.1) is 0 Å². The van der Waals surface area contributed by atoms with Gasteiger partial charge in [-0.3, -0.25) is 0 Å². The molecule has 0 amide bonds. The number of halogens is 1. The molecule has 0 aliphatic carbocycles. The maximum absolute atomic E-state index is 8.70. The second-order valence-electron chi connectivity index (χ2n) is 3.59. The number of rotatable bonds is 7. The highest BCUT2D eigenvalue weighted by Crippen LogP contribution is 2.25. The van der Waals surface area contributed by atoms with Gasteiger partial charge < -0.3 is 15.0 Å². The van der Waals surface area contributed by atoms with Gasteiger partial charge in [0.05, 0.1) is 13.2 Å². The number of likely N-dealkylation sites (N-methyl/N-ethyl adjacent to an activating group) is 1. The van der Waals surface area contributed by atoms with Gasteiger partial charge in [-0.05, 0) is 14.1 Å². The molecule has 0 aromatic carbocycles. The number of ether oxygens (including phenoxy) is 1. The lowest BCUT2D eigenvalue weighted by atomic mass is 10.6. The van der Waals surface area contributed by atoms with Crippen LogP contribution in [0.25, 0.3) is 0 Å². The first kappa shape index (κ1) is 14.2. The van der Waals surface area contributed by atoms with Crippen LogP contribution in [-0.2, 0) is 4.74 Å². The lowest BCUT2D eigenvalue weighted by molar-refractivity contribution is 0.126. The number of nitriles is 1. The van der Waals surface area contributed by atoms with Crippen molar-refractivity contribution in [1.82, 2.24) is 9.88 Å². The summed E-state index contributed by atoms with van der Waals surface area (Å²) < 4.78 is 5.40. The Kier molecular flexibility index (Phi) is 6.22. The Morgan fingerprint density at radius 3 is 2.88 bits per heavy atom. The third kappa shape index (κ3) is 5.33. The molecule has 7 heteroatoms. The van der Waals surface area contributed by atoms with Crippen molar-refractivity contribution in [2.24, 2.45) is 0 Å². The Balaban J connectivity index is 2.16. The molecule has 1 aromatic rings. The molecular weight excluding hydrogens is 260 g/mol. The van der Waals surface area contributed by atoms with Crippen LogP contribution in [0.15, 0.2) is 0 Å². The van der Waals surface area contributed by atoms with Crippen LogP contribution in [0.4, 0.5) is 5.13 Å². The number of anilines is 1. The molecule has 1 N–H and O–H groups in total. The lowest BCUT2D eigenvalue weighted by Crippen LogP contribution is -2.19. The molecule has 1 heterocycles. The predicted molar refractivity (Wildman–Crippen MR) is 69.7 cm³/mol. The van der Waals surface area contributed by atoms with Gasteiger partial charge in [-0.25, -0.2) is 4.98 Å². The van der Waals surface area contributed by atoms with E-state index >= 15 is 0 Å². The average molecular weight is 275 g/mol. The Hall–Kier alpha value is -0.870. The fourth-order valence-electron chi connectivity index (χ4n) is 1.03. The zero-order chi connectivity index (χ0) is 12.7. The van der Waals surface area contributed by atoms with Crippen LogP contribution in [0.1, 0.15) is 4.88 Å². The smallest absolute Gasteiger partial charge is 0.185 e. The quantitative estimate of drug-likeness (QED) is 0.766.